The number of nitrogens with zero attached hydrogens (tertiary/aromatic N) is 2. The van der Waals surface area contributed by atoms with Crippen LogP contribution in [0.5, 0.6) is 0 Å². The number of aryl methyl sites for hydroxylation is 1. The first kappa shape index (κ1) is 15.7. The minimum absolute atomic E-state index is 0.0995. The fourth-order valence-electron chi connectivity index (χ4n) is 2.14. The van der Waals surface area contributed by atoms with Gasteiger partial charge in [0.25, 0.3) is 0 Å². The number of aromatic nitrogens is 1. The van der Waals surface area contributed by atoms with Crippen LogP contribution in [0.2, 0.25) is 0 Å². The summed E-state index contributed by atoms with van der Waals surface area (Å²) in [5.74, 6) is -0.969. The highest BCUT2D eigenvalue weighted by molar-refractivity contribution is 7.09. The number of ether oxygens (including phenoxy) is 1. The number of carbonyl (C=O) groups excluding carboxylic acids is 1. The van der Waals surface area contributed by atoms with Crippen LogP contribution >= 0.6 is 11.3 Å². The Morgan fingerprint density at radius 2 is 2.38 bits per heavy atom. The van der Waals surface area contributed by atoms with Crippen LogP contribution in [0, 0.1) is 12.3 Å². The Bertz CT molecular complexity index is 547. The average Bonchev–Trinajstić information content (AvgIpc) is 2.97. The monoisotopic (exact) mass is 313 g/mol. The number of carboxylic acids is 1. The molecule has 116 valence electrons. The van der Waals surface area contributed by atoms with E-state index in [9.17, 15) is 14.7 Å². The molecule has 7 nitrogen and oxygen atoms in total. The SMILES string of the molecule is Cc1nc(CN(C)C(=O)NC2COCC2(C)C(=O)O)cs1. The second-order valence-electron chi connectivity index (χ2n) is 5.45. The van der Waals surface area contributed by atoms with Crippen molar-refractivity contribution in [2.45, 2.75) is 26.4 Å². The first-order chi connectivity index (χ1) is 9.83. The molecule has 1 aliphatic rings. The van der Waals surface area contributed by atoms with Crippen LogP contribution in [-0.2, 0) is 16.1 Å². The smallest absolute Gasteiger partial charge is 0.317 e. The van der Waals surface area contributed by atoms with E-state index in [1.54, 1.807) is 14.0 Å². The van der Waals surface area contributed by atoms with Crippen molar-refractivity contribution in [3.8, 4) is 0 Å². The molecule has 1 aliphatic heterocycles. The largest absolute Gasteiger partial charge is 0.481 e. The minimum atomic E-state index is -1.09. The van der Waals surface area contributed by atoms with Gasteiger partial charge in [0, 0.05) is 12.4 Å². The maximum absolute atomic E-state index is 12.2. The summed E-state index contributed by atoms with van der Waals surface area (Å²) < 4.78 is 5.21. The molecule has 2 unspecified atom stereocenters. The number of amides is 2. The van der Waals surface area contributed by atoms with Gasteiger partial charge in [-0.15, -0.1) is 11.3 Å². The predicted molar refractivity (Wildman–Crippen MR) is 77.2 cm³/mol. The van der Waals surface area contributed by atoms with Crippen molar-refractivity contribution in [1.29, 1.82) is 0 Å². The van der Waals surface area contributed by atoms with Crippen LogP contribution in [0.1, 0.15) is 17.6 Å². The summed E-state index contributed by atoms with van der Waals surface area (Å²) >= 11 is 1.53. The van der Waals surface area contributed by atoms with Gasteiger partial charge in [0.05, 0.1) is 36.5 Å². The molecule has 0 spiro atoms. The molecule has 2 amide bonds. The number of rotatable bonds is 4. The maximum atomic E-state index is 12.2. The molecule has 2 heterocycles. The van der Waals surface area contributed by atoms with E-state index < -0.39 is 17.4 Å². The zero-order valence-corrected chi connectivity index (χ0v) is 13.1. The fourth-order valence-corrected chi connectivity index (χ4v) is 2.74. The highest BCUT2D eigenvalue weighted by Gasteiger charge is 2.47. The topological polar surface area (TPSA) is 91.8 Å². The third-order valence-corrected chi connectivity index (χ3v) is 4.48. The third kappa shape index (κ3) is 3.33. The molecule has 1 aromatic heterocycles. The Kier molecular flexibility index (Phi) is 4.48. The van der Waals surface area contributed by atoms with Crippen molar-refractivity contribution < 1.29 is 19.4 Å². The summed E-state index contributed by atoms with van der Waals surface area (Å²) in [7, 11) is 1.65. The predicted octanol–water partition coefficient (Wildman–Crippen LogP) is 1.08. The van der Waals surface area contributed by atoms with E-state index in [2.05, 4.69) is 10.3 Å². The lowest BCUT2D eigenvalue weighted by atomic mass is 9.85. The summed E-state index contributed by atoms with van der Waals surface area (Å²) in [4.78, 5) is 29.3. The molecule has 0 bridgehead atoms. The summed E-state index contributed by atoms with van der Waals surface area (Å²) in [6.45, 7) is 4.17. The number of thiazole rings is 1. The van der Waals surface area contributed by atoms with E-state index in [1.165, 1.54) is 16.2 Å². The minimum Gasteiger partial charge on any atom is -0.481 e. The number of hydrogen-bond acceptors (Lipinski definition) is 5. The van der Waals surface area contributed by atoms with Gasteiger partial charge in [-0.1, -0.05) is 0 Å². The summed E-state index contributed by atoms with van der Waals surface area (Å²) in [5.41, 5.74) is -0.271. The van der Waals surface area contributed by atoms with Crippen LogP contribution in [0.4, 0.5) is 4.79 Å². The number of aliphatic carboxylic acids is 1. The van der Waals surface area contributed by atoms with Gasteiger partial charge in [0.15, 0.2) is 0 Å². The molecule has 0 aromatic carbocycles. The molecule has 2 atom stereocenters. The molecule has 2 N–H and O–H groups in total. The van der Waals surface area contributed by atoms with Crippen LogP contribution in [0.3, 0.4) is 0 Å². The van der Waals surface area contributed by atoms with Gasteiger partial charge in [-0.05, 0) is 13.8 Å². The number of nitrogens with one attached hydrogen (secondary N) is 1. The lowest BCUT2D eigenvalue weighted by molar-refractivity contribution is -0.148. The summed E-state index contributed by atoms with van der Waals surface area (Å²) in [5, 5.41) is 14.9. The molecular weight excluding hydrogens is 294 g/mol. The number of urea groups is 1. The van der Waals surface area contributed by atoms with Crippen molar-refractivity contribution in [2.75, 3.05) is 20.3 Å². The lowest BCUT2D eigenvalue weighted by Gasteiger charge is -2.27. The Morgan fingerprint density at radius 1 is 1.67 bits per heavy atom. The molecule has 21 heavy (non-hydrogen) atoms. The van der Waals surface area contributed by atoms with E-state index in [4.69, 9.17) is 4.74 Å². The quantitative estimate of drug-likeness (QED) is 0.868. The lowest BCUT2D eigenvalue weighted by Crippen LogP contribution is -2.52. The molecule has 0 radical (unpaired) electrons. The van der Waals surface area contributed by atoms with E-state index in [-0.39, 0.29) is 19.2 Å². The van der Waals surface area contributed by atoms with Gasteiger partial charge in [-0.2, -0.15) is 0 Å². The first-order valence-electron chi connectivity index (χ1n) is 6.56. The third-order valence-electron chi connectivity index (χ3n) is 3.65. The van der Waals surface area contributed by atoms with E-state index in [0.29, 0.717) is 6.54 Å². The van der Waals surface area contributed by atoms with Crippen LogP contribution in [0.25, 0.3) is 0 Å². The molecule has 0 saturated carbocycles. The molecule has 2 rings (SSSR count). The zero-order valence-electron chi connectivity index (χ0n) is 12.3. The first-order valence-corrected chi connectivity index (χ1v) is 7.44. The van der Waals surface area contributed by atoms with Crippen LogP contribution < -0.4 is 5.32 Å². The van der Waals surface area contributed by atoms with Crippen molar-refractivity contribution in [3.63, 3.8) is 0 Å². The van der Waals surface area contributed by atoms with Gasteiger partial charge in [0.2, 0.25) is 0 Å². The second kappa shape index (κ2) is 5.98. The van der Waals surface area contributed by atoms with Crippen LogP contribution in [0.15, 0.2) is 5.38 Å². The standard InChI is InChI=1S/C13H19N3O4S/c1-8-14-9(6-21-8)4-16(3)12(19)15-10-5-20-7-13(10,2)11(17)18/h6,10H,4-5,7H2,1-3H3,(H,15,19)(H,17,18). The molecule has 0 aliphatic carbocycles. The van der Waals surface area contributed by atoms with Gasteiger partial charge < -0.3 is 20.1 Å². The Balaban J connectivity index is 1.96. The van der Waals surface area contributed by atoms with Crippen molar-refractivity contribution in [3.05, 3.63) is 16.1 Å². The second-order valence-corrected chi connectivity index (χ2v) is 6.52. The van der Waals surface area contributed by atoms with Gasteiger partial charge in [-0.3, -0.25) is 4.79 Å². The number of carboxylic acid groups (broad SMARTS) is 1. The zero-order chi connectivity index (χ0) is 15.6. The van der Waals surface area contributed by atoms with Crippen LogP contribution in [-0.4, -0.2) is 53.3 Å². The van der Waals surface area contributed by atoms with Crippen molar-refractivity contribution >= 4 is 23.3 Å². The maximum Gasteiger partial charge on any atom is 0.317 e. The Morgan fingerprint density at radius 3 is 2.95 bits per heavy atom. The van der Waals surface area contributed by atoms with Gasteiger partial charge in [0.1, 0.15) is 5.41 Å². The average molecular weight is 313 g/mol. The van der Waals surface area contributed by atoms with Gasteiger partial charge in [-0.25, -0.2) is 9.78 Å². The Hall–Kier alpha value is -1.67. The van der Waals surface area contributed by atoms with Gasteiger partial charge >= 0.3 is 12.0 Å². The van der Waals surface area contributed by atoms with Crippen molar-refractivity contribution in [1.82, 2.24) is 15.2 Å². The summed E-state index contributed by atoms with van der Waals surface area (Å²) in [6.07, 6.45) is 0. The normalized spacial score (nSPS) is 24.8. The summed E-state index contributed by atoms with van der Waals surface area (Å²) in [6, 6.07) is -0.870. The molecular formula is C13H19N3O4S. The highest BCUT2D eigenvalue weighted by atomic mass is 32.1. The fraction of sp³-hybridized carbons (Fsp3) is 0.615. The molecule has 1 saturated heterocycles. The highest BCUT2D eigenvalue weighted by Crippen LogP contribution is 2.28. The Labute approximate surface area is 126 Å². The number of hydrogen-bond donors (Lipinski definition) is 2. The molecule has 8 heteroatoms. The number of carbonyl (C=O) groups is 2. The van der Waals surface area contributed by atoms with E-state index in [0.717, 1.165) is 10.7 Å². The van der Waals surface area contributed by atoms with Crippen molar-refractivity contribution in [2.24, 2.45) is 5.41 Å². The van der Waals surface area contributed by atoms with E-state index in [1.807, 2.05) is 12.3 Å². The molecule has 1 aromatic rings. The molecule has 1 fully saturated rings. The van der Waals surface area contributed by atoms with E-state index >= 15 is 0 Å².